The number of hydrogen-bond acceptors (Lipinski definition) is 5. The molecule has 0 aliphatic carbocycles. The average molecular weight is 306 g/mol. The zero-order chi connectivity index (χ0) is 16.2. The molecule has 1 fully saturated rings. The second-order valence-corrected chi connectivity index (χ2v) is 7.38. The van der Waals surface area contributed by atoms with Crippen molar-refractivity contribution in [2.75, 3.05) is 39.1 Å². The highest BCUT2D eigenvalue weighted by atomic mass is 16.5. The number of methoxy groups -OCH3 is 1. The molecule has 1 aromatic heterocycles. The zero-order valence-corrected chi connectivity index (χ0v) is 14.6. The summed E-state index contributed by atoms with van der Waals surface area (Å²) in [7, 11) is 3.89. The predicted octanol–water partition coefficient (Wildman–Crippen LogP) is 2.67. The van der Waals surface area contributed by atoms with Crippen LogP contribution < -0.4 is 5.32 Å². The van der Waals surface area contributed by atoms with Gasteiger partial charge in [-0.2, -0.15) is 0 Å². The molecule has 22 heavy (non-hydrogen) atoms. The lowest BCUT2D eigenvalue weighted by Gasteiger charge is -2.29. The van der Waals surface area contributed by atoms with Crippen LogP contribution in [0.3, 0.4) is 0 Å². The first-order valence-electron chi connectivity index (χ1n) is 8.18. The lowest BCUT2D eigenvalue weighted by Crippen LogP contribution is -2.33. The van der Waals surface area contributed by atoms with Gasteiger partial charge >= 0.3 is 0 Å². The number of likely N-dealkylation sites (tertiary alicyclic amines) is 1. The number of aromatic nitrogens is 2. The molecule has 0 radical (unpaired) electrons. The fourth-order valence-corrected chi connectivity index (χ4v) is 2.66. The number of rotatable bonds is 5. The SMILES string of the molecule is COCc1cc(NCC2CCN(C)CC2)nc(C(C)(C)C)n1. The van der Waals surface area contributed by atoms with Crippen LogP contribution in [0.25, 0.3) is 0 Å². The maximum Gasteiger partial charge on any atom is 0.136 e. The Morgan fingerprint density at radius 1 is 1.27 bits per heavy atom. The molecule has 2 heterocycles. The van der Waals surface area contributed by atoms with Gasteiger partial charge in [-0.1, -0.05) is 20.8 Å². The summed E-state index contributed by atoms with van der Waals surface area (Å²) < 4.78 is 5.23. The molecule has 0 amide bonds. The highest BCUT2D eigenvalue weighted by Crippen LogP contribution is 2.22. The fourth-order valence-electron chi connectivity index (χ4n) is 2.66. The van der Waals surface area contributed by atoms with Crippen molar-refractivity contribution < 1.29 is 4.74 Å². The van der Waals surface area contributed by atoms with E-state index in [2.05, 4.69) is 43.0 Å². The predicted molar refractivity (Wildman–Crippen MR) is 90.2 cm³/mol. The molecule has 0 aromatic carbocycles. The third-order valence-corrected chi connectivity index (χ3v) is 4.15. The molecule has 1 aromatic rings. The molecule has 5 nitrogen and oxygen atoms in total. The Kier molecular flexibility index (Phi) is 5.75. The van der Waals surface area contributed by atoms with Crippen LogP contribution >= 0.6 is 0 Å². The first kappa shape index (κ1) is 17.2. The van der Waals surface area contributed by atoms with Crippen molar-refractivity contribution >= 4 is 5.82 Å². The van der Waals surface area contributed by atoms with Crippen LogP contribution in [0.15, 0.2) is 6.07 Å². The summed E-state index contributed by atoms with van der Waals surface area (Å²) in [4.78, 5) is 11.7. The van der Waals surface area contributed by atoms with Crippen LogP contribution in [0.4, 0.5) is 5.82 Å². The number of nitrogens with zero attached hydrogens (tertiary/aromatic N) is 3. The minimum atomic E-state index is -0.0618. The quantitative estimate of drug-likeness (QED) is 0.906. The van der Waals surface area contributed by atoms with Crippen molar-refractivity contribution in [3.63, 3.8) is 0 Å². The zero-order valence-electron chi connectivity index (χ0n) is 14.6. The maximum absolute atomic E-state index is 5.23. The van der Waals surface area contributed by atoms with Gasteiger partial charge in [0, 0.05) is 25.1 Å². The largest absolute Gasteiger partial charge is 0.378 e. The molecule has 1 aliphatic rings. The molecular formula is C17H30N4O. The summed E-state index contributed by atoms with van der Waals surface area (Å²) in [6, 6.07) is 2.01. The molecule has 5 heteroatoms. The summed E-state index contributed by atoms with van der Waals surface area (Å²) in [5.41, 5.74) is 0.876. The molecule has 0 bridgehead atoms. The summed E-state index contributed by atoms with van der Waals surface area (Å²) in [5, 5.41) is 3.52. The number of nitrogens with one attached hydrogen (secondary N) is 1. The van der Waals surface area contributed by atoms with Gasteiger partial charge in [0.15, 0.2) is 0 Å². The van der Waals surface area contributed by atoms with Crippen molar-refractivity contribution in [2.45, 2.75) is 45.6 Å². The van der Waals surface area contributed by atoms with Crippen molar-refractivity contribution in [3.05, 3.63) is 17.6 Å². The van der Waals surface area contributed by atoms with E-state index in [0.717, 1.165) is 29.8 Å². The van der Waals surface area contributed by atoms with Gasteiger partial charge in [0.25, 0.3) is 0 Å². The Bertz CT molecular complexity index is 476. The van der Waals surface area contributed by atoms with Gasteiger partial charge in [0.2, 0.25) is 0 Å². The first-order valence-corrected chi connectivity index (χ1v) is 8.18. The second-order valence-electron chi connectivity index (χ2n) is 7.38. The summed E-state index contributed by atoms with van der Waals surface area (Å²) in [6.45, 7) is 10.3. The van der Waals surface area contributed by atoms with Crippen molar-refractivity contribution in [2.24, 2.45) is 5.92 Å². The lowest BCUT2D eigenvalue weighted by atomic mass is 9.95. The first-order chi connectivity index (χ1) is 10.4. The molecule has 1 N–H and O–H groups in total. The van der Waals surface area contributed by atoms with Gasteiger partial charge in [-0.3, -0.25) is 0 Å². The third kappa shape index (κ3) is 4.92. The normalized spacial score (nSPS) is 17.7. The number of hydrogen-bond donors (Lipinski definition) is 1. The van der Waals surface area contributed by atoms with Gasteiger partial charge in [0.1, 0.15) is 11.6 Å². The maximum atomic E-state index is 5.23. The highest BCUT2D eigenvalue weighted by Gasteiger charge is 2.20. The molecule has 0 atom stereocenters. The summed E-state index contributed by atoms with van der Waals surface area (Å²) in [5.74, 6) is 2.52. The lowest BCUT2D eigenvalue weighted by molar-refractivity contribution is 0.181. The molecule has 1 aliphatic heterocycles. The Morgan fingerprint density at radius 2 is 1.95 bits per heavy atom. The van der Waals surface area contributed by atoms with E-state index in [0.29, 0.717) is 6.61 Å². The van der Waals surface area contributed by atoms with E-state index in [9.17, 15) is 0 Å². The Hall–Kier alpha value is -1.20. The summed E-state index contributed by atoms with van der Waals surface area (Å²) in [6.07, 6.45) is 2.51. The van der Waals surface area contributed by atoms with Crippen LogP contribution in [0.5, 0.6) is 0 Å². The van der Waals surface area contributed by atoms with Crippen LogP contribution in [-0.2, 0) is 16.8 Å². The van der Waals surface area contributed by atoms with E-state index >= 15 is 0 Å². The van der Waals surface area contributed by atoms with Gasteiger partial charge in [-0.25, -0.2) is 9.97 Å². The Labute approximate surface area is 134 Å². The Morgan fingerprint density at radius 3 is 2.55 bits per heavy atom. The van der Waals surface area contributed by atoms with Crippen molar-refractivity contribution in [3.8, 4) is 0 Å². The highest BCUT2D eigenvalue weighted by molar-refractivity contribution is 5.37. The fraction of sp³-hybridized carbons (Fsp3) is 0.765. The monoisotopic (exact) mass is 306 g/mol. The Balaban J connectivity index is 2.04. The van der Waals surface area contributed by atoms with Crippen molar-refractivity contribution in [1.82, 2.24) is 14.9 Å². The molecule has 2 rings (SSSR count). The molecule has 0 spiro atoms. The van der Waals surface area contributed by atoms with E-state index < -0.39 is 0 Å². The van der Waals surface area contributed by atoms with Crippen LogP contribution in [-0.4, -0.2) is 48.7 Å². The van der Waals surface area contributed by atoms with Gasteiger partial charge < -0.3 is 15.0 Å². The number of anilines is 1. The number of piperidine rings is 1. The molecule has 124 valence electrons. The molecular weight excluding hydrogens is 276 g/mol. The van der Waals surface area contributed by atoms with Crippen LogP contribution in [0.2, 0.25) is 0 Å². The smallest absolute Gasteiger partial charge is 0.136 e. The van der Waals surface area contributed by atoms with Crippen LogP contribution in [0, 0.1) is 5.92 Å². The summed E-state index contributed by atoms with van der Waals surface area (Å²) >= 11 is 0. The van der Waals surface area contributed by atoms with Gasteiger partial charge in [-0.05, 0) is 38.9 Å². The van der Waals surface area contributed by atoms with E-state index in [4.69, 9.17) is 9.72 Å². The third-order valence-electron chi connectivity index (χ3n) is 4.15. The standard InChI is InChI=1S/C17H30N4O/c1-17(2,3)16-19-14(12-22-5)10-15(20-16)18-11-13-6-8-21(4)9-7-13/h10,13H,6-9,11-12H2,1-5H3,(H,18,19,20). The average Bonchev–Trinajstić information content (AvgIpc) is 2.46. The van der Waals surface area contributed by atoms with Gasteiger partial charge in [-0.15, -0.1) is 0 Å². The minimum absolute atomic E-state index is 0.0618. The van der Waals surface area contributed by atoms with E-state index in [1.807, 2.05) is 6.07 Å². The van der Waals surface area contributed by atoms with E-state index in [1.54, 1.807) is 7.11 Å². The van der Waals surface area contributed by atoms with E-state index in [1.165, 1.54) is 25.9 Å². The molecule has 1 saturated heterocycles. The molecule has 0 unspecified atom stereocenters. The van der Waals surface area contributed by atoms with Crippen molar-refractivity contribution in [1.29, 1.82) is 0 Å². The van der Waals surface area contributed by atoms with Crippen LogP contribution in [0.1, 0.15) is 45.1 Å². The second kappa shape index (κ2) is 7.38. The molecule has 0 saturated carbocycles. The van der Waals surface area contributed by atoms with Gasteiger partial charge in [0.05, 0.1) is 12.3 Å². The topological polar surface area (TPSA) is 50.3 Å². The number of ether oxygens (including phenoxy) is 1. The van der Waals surface area contributed by atoms with E-state index in [-0.39, 0.29) is 5.41 Å². The minimum Gasteiger partial charge on any atom is -0.378 e.